The molecule has 0 aliphatic rings. The zero-order valence-electron chi connectivity index (χ0n) is 16.4. The maximum absolute atomic E-state index is 10.3. The van der Waals surface area contributed by atoms with Crippen LogP contribution in [0, 0.1) is 0 Å². The molecule has 4 heteroatoms. The Kier molecular flexibility index (Phi) is 7.06. The SMILES string of the molecule is COc1ccc(CN(C)CC(O)COc2ccc(-c3ccccc3)cc2)cc1. The van der Waals surface area contributed by atoms with Gasteiger partial charge in [-0.05, 0) is 48.0 Å². The third-order valence-corrected chi connectivity index (χ3v) is 4.54. The Balaban J connectivity index is 1.45. The average Bonchev–Trinajstić information content (AvgIpc) is 2.74. The number of ether oxygens (including phenoxy) is 2. The van der Waals surface area contributed by atoms with Gasteiger partial charge >= 0.3 is 0 Å². The molecular formula is C24H27NO3. The van der Waals surface area contributed by atoms with E-state index in [-0.39, 0.29) is 6.61 Å². The second-order valence-electron chi connectivity index (χ2n) is 6.90. The van der Waals surface area contributed by atoms with Crippen LogP contribution in [0.2, 0.25) is 0 Å². The molecule has 0 saturated carbocycles. The second-order valence-corrected chi connectivity index (χ2v) is 6.90. The molecule has 3 aromatic rings. The van der Waals surface area contributed by atoms with Crippen molar-refractivity contribution in [3.8, 4) is 22.6 Å². The average molecular weight is 377 g/mol. The first kappa shape index (κ1) is 19.9. The molecule has 0 radical (unpaired) electrons. The Morgan fingerprint density at radius 3 is 2.07 bits per heavy atom. The van der Waals surface area contributed by atoms with Gasteiger partial charge in [-0.2, -0.15) is 0 Å². The molecule has 0 aliphatic carbocycles. The fraction of sp³-hybridized carbons (Fsp3) is 0.250. The Bertz CT molecular complexity index is 832. The van der Waals surface area contributed by atoms with Gasteiger partial charge in [0.25, 0.3) is 0 Å². The lowest BCUT2D eigenvalue weighted by Gasteiger charge is -2.21. The molecule has 0 aliphatic heterocycles. The van der Waals surface area contributed by atoms with Gasteiger partial charge in [-0.1, -0.05) is 54.6 Å². The molecular weight excluding hydrogens is 350 g/mol. The number of benzene rings is 3. The molecule has 28 heavy (non-hydrogen) atoms. The van der Waals surface area contributed by atoms with Crippen molar-refractivity contribution in [1.82, 2.24) is 4.90 Å². The van der Waals surface area contributed by atoms with Gasteiger partial charge in [0, 0.05) is 13.1 Å². The molecule has 146 valence electrons. The molecule has 0 spiro atoms. The molecule has 0 bridgehead atoms. The van der Waals surface area contributed by atoms with Crippen LogP contribution in [0.4, 0.5) is 0 Å². The number of hydrogen-bond acceptors (Lipinski definition) is 4. The van der Waals surface area contributed by atoms with E-state index in [0.717, 1.165) is 23.6 Å². The topological polar surface area (TPSA) is 41.9 Å². The predicted molar refractivity (Wildman–Crippen MR) is 113 cm³/mol. The van der Waals surface area contributed by atoms with Crippen molar-refractivity contribution in [2.24, 2.45) is 0 Å². The molecule has 1 atom stereocenters. The van der Waals surface area contributed by atoms with Crippen LogP contribution in [0.1, 0.15) is 5.56 Å². The third-order valence-electron chi connectivity index (χ3n) is 4.54. The van der Waals surface area contributed by atoms with Crippen LogP contribution >= 0.6 is 0 Å². The predicted octanol–water partition coefficient (Wildman–Crippen LogP) is 4.23. The summed E-state index contributed by atoms with van der Waals surface area (Å²) in [6.45, 7) is 1.55. The maximum Gasteiger partial charge on any atom is 0.119 e. The number of nitrogens with zero attached hydrogens (tertiary/aromatic N) is 1. The summed E-state index contributed by atoms with van der Waals surface area (Å²) in [7, 11) is 3.65. The first-order valence-corrected chi connectivity index (χ1v) is 9.42. The van der Waals surface area contributed by atoms with E-state index in [1.165, 1.54) is 11.1 Å². The van der Waals surface area contributed by atoms with Crippen molar-refractivity contribution >= 4 is 0 Å². The molecule has 3 rings (SSSR count). The zero-order valence-corrected chi connectivity index (χ0v) is 16.4. The van der Waals surface area contributed by atoms with E-state index in [0.29, 0.717) is 6.54 Å². The summed E-state index contributed by atoms with van der Waals surface area (Å²) in [5.41, 5.74) is 3.50. The van der Waals surface area contributed by atoms with Crippen LogP contribution in [0.25, 0.3) is 11.1 Å². The van der Waals surface area contributed by atoms with E-state index in [2.05, 4.69) is 17.0 Å². The molecule has 1 N–H and O–H groups in total. The van der Waals surface area contributed by atoms with Crippen molar-refractivity contribution in [3.05, 3.63) is 84.4 Å². The standard InChI is InChI=1S/C24H27NO3/c1-25(16-19-8-12-23(27-2)13-9-19)17-22(26)18-28-24-14-10-21(11-15-24)20-6-4-3-5-7-20/h3-15,22,26H,16-18H2,1-2H3. The summed E-state index contributed by atoms with van der Waals surface area (Å²) in [5, 5.41) is 10.3. The lowest BCUT2D eigenvalue weighted by molar-refractivity contribution is 0.0744. The van der Waals surface area contributed by atoms with Gasteiger partial charge in [-0.25, -0.2) is 0 Å². The highest BCUT2D eigenvalue weighted by Crippen LogP contribution is 2.22. The molecule has 0 saturated heterocycles. The summed E-state index contributed by atoms with van der Waals surface area (Å²) in [5.74, 6) is 1.61. The Morgan fingerprint density at radius 2 is 1.43 bits per heavy atom. The summed E-state index contributed by atoms with van der Waals surface area (Å²) in [6, 6.07) is 26.1. The minimum atomic E-state index is -0.558. The molecule has 0 amide bonds. The van der Waals surface area contributed by atoms with Gasteiger partial charge in [0.1, 0.15) is 24.2 Å². The molecule has 0 aromatic heterocycles. The molecule has 4 nitrogen and oxygen atoms in total. The summed E-state index contributed by atoms with van der Waals surface area (Å²) in [6.07, 6.45) is -0.558. The maximum atomic E-state index is 10.3. The van der Waals surface area contributed by atoms with Gasteiger partial charge in [-0.3, -0.25) is 4.90 Å². The quantitative estimate of drug-likeness (QED) is 0.606. The van der Waals surface area contributed by atoms with E-state index < -0.39 is 6.10 Å². The lowest BCUT2D eigenvalue weighted by Crippen LogP contribution is -2.32. The van der Waals surface area contributed by atoms with E-state index in [4.69, 9.17) is 9.47 Å². The first-order chi connectivity index (χ1) is 13.6. The fourth-order valence-corrected chi connectivity index (χ4v) is 3.09. The van der Waals surface area contributed by atoms with Crippen molar-refractivity contribution in [2.45, 2.75) is 12.6 Å². The van der Waals surface area contributed by atoms with Gasteiger partial charge in [0.2, 0.25) is 0 Å². The second kappa shape index (κ2) is 9.93. The summed E-state index contributed by atoms with van der Waals surface area (Å²) in [4.78, 5) is 2.08. The lowest BCUT2D eigenvalue weighted by atomic mass is 10.1. The van der Waals surface area contributed by atoms with Crippen molar-refractivity contribution < 1.29 is 14.6 Å². The minimum absolute atomic E-state index is 0.262. The van der Waals surface area contributed by atoms with Gasteiger partial charge in [-0.15, -0.1) is 0 Å². The summed E-state index contributed by atoms with van der Waals surface area (Å²) < 4.78 is 10.9. The molecule has 3 aromatic carbocycles. The van der Waals surface area contributed by atoms with Crippen LogP contribution in [0.3, 0.4) is 0 Å². The smallest absolute Gasteiger partial charge is 0.119 e. The highest BCUT2D eigenvalue weighted by molar-refractivity contribution is 5.63. The third kappa shape index (κ3) is 5.84. The number of hydrogen-bond donors (Lipinski definition) is 1. The normalized spacial score (nSPS) is 12.0. The Morgan fingerprint density at radius 1 is 0.821 bits per heavy atom. The number of likely N-dealkylation sites (N-methyl/N-ethyl adjacent to an activating group) is 1. The number of aliphatic hydroxyl groups is 1. The largest absolute Gasteiger partial charge is 0.497 e. The van der Waals surface area contributed by atoms with Crippen LogP contribution in [-0.2, 0) is 6.54 Å². The van der Waals surface area contributed by atoms with Crippen LogP contribution < -0.4 is 9.47 Å². The number of rotatable bonds is 9. The van der Waals surface area contributed by atoms with E-state index in [1.54, 1.807) is 7.11 Å². The van der Waals surface area contributed by atoms with Crippen molar-refractivity contribution in [2.75, 3.05) is 27.3 Å². The fourth-order valence-electron chi connectivity index (χ4n) is 3.09. The van der Waals surface area contributed by atoms with E-state index in [9.17, 15) is 5.11 Å². The molecule has 0 fully saturated rings. The highest BCUT2D eigenvalue weighted by Gasteiger charge is 2.10. The minimum Gasteiger partial charge on any atom is -0.497 e. The Hall–Kier alpha value is -2.82. The zero-order chi connectivity index (χ0) is 19.8. The number of aliphatic hydroxyl groups excluding tert-OH is 1. The van der Waals surface area contributed by atoms with E-state index >= 15 is 0 Å². The van der Waals surface area contributed by atoms with E-state index in [1.807, 2.05) is 73.8 Å². The van der Waals surface area contributed by atoms with Crippen LogP contribution in [0.5, 0.6) is 11.5 Å². The van der Waals surface area contributed by atoms with Crippen molar-refractivity contribution in [1.29, 1.82) is 0 Å². The highest BCUT2D eigenvalue weighted by atomic mass is 16.5. The van der Waals surface area contributed by atoms with Gasteiger partial charge in [0.15, 0.2) is 0 Å². The monoisotopic (exact) mass is 377 g/mol. The molecule has 1 unspecified atom stereocenters. The van der Waals surface area contributed by atoms with Crippen molar-refractivity contribution in [3.63, 3.8) is 0 Å². The van der Waals surface area contributed by atoms with Gasteiger partial charge in [0.05, 0.1) is 7.11 Å². The molecule has 0 heterocycles. The first-order valence-electron chi connectivity index (χ1n) is 9.42. The summed E-state index contributed by atoms with van der Waals surface area (Å²) >= 11 is 0. The van der Waals surface area contributed by atoms with Crippen LogP contribution in [0.15, 0.2) is 78.9 Å². The Labute approximate surface area is 167 Å². The van der Waals surface area contributed by atoms with Crippen LogP contribution in [-0.4, -0.2) is 43.4 Å². The number of methoxy groups -OCH3 is 1. The van der Waals surface area contributed by atoms with Gasteiger partial charge < -0.3 is 14.6 Å².